The SMILES string of the molecule is CCNC(=O)c1cccc(NC(=O)CCCO)c1. The summed E-state index contributed by atoms with van der Waals surface area (Å²) in [4.78, 5) is 23.1. The van der Waals surface area contributed by atoms with Gasteiger partial charge in [-0.05, 0) is 31.5 Å². The second-order valence-corrected chi connectivity index (χ2v) is 3.82. The smallest absolute Gasteiger partial charge is 0.251 e. The Morgan fingerprint density at radius 2 is 2.11 bits per heavy atom. The topological polar surface area (TPSA) is 78.4 Å². The van der Waals surface area contributed by atoms with Crippen LogP contribution in [0.15, 0.2) is 24.3 Å². The molecule has 18 heavy (non-hydrogen) atoms. The minimum Gasteiger partial charge on any atom is -0.396 e. The van der Waals surface area contributed by atoms with Crippen LogP contribution in [0.3, 0.4) is 0 Å². The molecular formula is C13H18N2O3. The zero-order chi connectivity index (χ0) is 13.4. The third-order valence-electron chi connectivity index (χ3n) is 2.31. The summed E-state index contributed by atoms with van der Waals surface area (Å²) in [6, 6.07) is 6.75. The van der Waals surface area contributed by atoms with Gasteiger partial charge in [0.2, 0.25) is 5.91 Å². The minimum absolute atomic E-state index is 0.00757. The first kappa shape index (κ1) is 14.2. The third-order valence-corrected chi connectivity index (χ3v) is 2.31. The van der Waals surface area contributed by atoms with Crippen molar-refractivity contribution in [1.29, 1.82) is 0 Å². The van der Waals surface area contributed by atoms with Crippen LogP contribution in [0.2, 0.25) is 0 Å². The van der Waals surface area contributed by atoms with Crippen LogP contribution in [0.25, 0.3) is 0 Å². The Bertz CT molecular complexity index is 418. The Morgan fingerprint density at radius 1 is 1.33 bits per heavy atom. The lowest BCUT2D eigenvalue weighted by Crippen LogP contribution is -2.22. The summed E-state index contributed by atoms with van der Waals surface area (Å²) in [7, 11) is 0. The predicted octanol–water partition coefficient (Wildman–Crippen LogP) is 1.15. The molecule has 0 atom stereocenters. The standard InChI is InChI=1S/C13H18N2O3/c1-2-14-13(18)10-5-3-6-11(9-10)15-12(17)7-4-8-16/h3,5-6,9,16H,2,4,7-8H2,1H3,(H,14,18)(H,15,17). The Kier molecular flexibility index (Phi) is 5.87. The van der Waals surface area contributed by atoms with Crippen LogP contribution >= 0.6 is 0 Å². The quantitative estimate of drug-likeness (QED) is 0.708. The van der Waals surface area contributed by atoms with Crippen molar-refractivity contribution in [2.45, 2.75) is 19.8 Å². The zero-order valence-corrected chi connectivity index (χ0v) is 10.4. The fraction of sp³-hybridized carbons (Fsp3) is 0.385. The summed E-state index contributed by atoms with van der Waals surface area (Å²) in [5.74, 6) is -0.332. The van der Waals surface area contributed by atoms with Gasteiger partial charge in [0, 0.05) is 30.8 Å². The van der Waals surface area contributed by atoms with Crippen LogP contribution < -0.4 is 10.6 Å². The Labute approximate surface area is 106 Å². The molecule has 5 nitrogen and oxygen atoms in total. The van der Waals surface area contributed by atoms with E-state index in [1.165, 1.54) is 0 Å². The average molecular weight is 250 g/mol. The van der Waals surface area contributed by atoms with E-state index in [1.54, 1.807) is 24.3 Å². The van der Waals surface area contributed by atoms with Gasteiger partial charge in [-0.25, -0.2) is 0 Å². The molecule has 5 heteroatoms. The molecule has 98 valence electrons. The maximum absolute atomic E-state index is 11.6. The first-order chi connectivity index (χ1) is 8.67. The molecule has 0 spiro atoms. The van der Waals surface area contributed by atoms with Crippen molar-refractivity contribution >= 4 is 17.5 Å². The fourth-order valence-corrected chi connectivity index (χ4v) is 1.46. The summed E-state index contributed by atoms with van der Waals surface area (Å²) in [5, 5.41) is 14.0. The van der Waals surface area contributed by atoms with E-state index in [1.807, 2.05) is 6.92 Å². The second-order valence-electron chi connectivity index (χ2n) is 3.82. The maximum atomic E-state index is 11.6. The van der Waals surface area contributed by atoms with Crippen molar-refractivity contribution in [3.8, 4) is 0 Å². The Morgan fingerprint density at radius 3 is 2.78 bits per heavy atom. The lowest BCUT2D eigenvalue weighted by molar-refractivity contribution is -0.116. The number of carbonyl (C=O) groups is 2. The molecule has 0 aliphatic rings. The van der Waals surface area contributed by atoms with Gasteiger partial charge in [-0.3, -0.25) is 9.59 Å². The van der Waals surface area contributed by atoms with Crippen molar-refractivity contribution in [3.63, 3.8) is 0 Å². The van der Waals surface area contributed by atoms with Gasteiger partial charge in [-0.1, -0.05) is 6.07 Å². The molecule has 0 unspecified atom stereocenters. The number of carbonyl (C=O) groups excluding carboxylic acids is 2. The third kappa shape index (κ3) is 4.55. The number of aliphatic hydroxyl groups is 1. The van der Waals surface area contributed by atoms with Crippen molar-refractivity contribution in [1.82, 2.24) is 5.32 Å². The highest BCUT2D eigenvalue weighted by Crippen LogP contribution is 2.11. The minimum atomic E-state index is -0.169. The molecule has 0 aliphatic heterocycles. The highest BCUT2D eigenvalue weighted by molar-refractivity contribution is 5.97. The second kappa shape index (κ2) is 7.45. The molecule has 0 bridgehead atoms. The molecule has 0 saturated carbocycles. The molecule has 0 aliphatic carbocycles. The van der Waals surface area contributed by atoms with E-state index in [2.05, 4.69) is 10.6 Å². The van der Waals surface area contributed by atoms with E-state index in [0.717, 1.165) is 0 Å². The van der Waals surface area contributed by atoms with E-state index >= 15 is 0 Å². The summed E-state index contributed by atoms with van der Waals surface area (Å²) >= 11 is 0. The van der Waals surface area contributed by atoms with Crippen LogP contribution in [0, 0.1) is 0 Å². The molecule has 0 saturated heterocycles. The van der Waals surface area contributed by atoms with Gasteiger partial charge in [0.15, 0.2) is 0 Å². The number of hydrogen-bond donors (Lipinski definition) is 3. The van der Waals surface area contributed by atoms with Crippen molar-refractivity contribution < 1.29 is 14.7 Å². The van der Waals surface area contributed by atoms with Crippen LogP contribution in [0.1, 0.15) is 30.1 Å². The summed E-state index contributed by atoms with van der Waals surface area (Å²) in [6.07, 6.45) is 0.698. The van der Waals surface area contributed by atoms with Gasteiger partial charge < -0.3 is 15.7 Å². The van der Waals surface area contributed by atoms with Gasteiger partial charge in [-0.15, -0.1) is 0 Å². The lowest BCUT2D eigenvalue weighted by atomic mass is 10.2. The molecule has 1 aromatic rings. The van der Waals surface area contributed by atoms with E-state index < -0.39 is 0 Å². The summed E-state index contributed by atoms with van der Waals surface area (Å²) in [6.45, 7) is 2.40. The summed E-state index contributed by atoms with van der Waals surface area (Å²) < 4.78 is 0. The predicted molar refractivity (Wildman–Crippen MR) is 69.4 cm³/mol. The number of amides is 2. The molecule has 1 rings (SSSR count). The van der Waals surface area contributed by atoms with E-state index in [-0.39, 0.29) is 24.8 Å². The highest BCUT2D eigenvalue weighted by atomic mass is 16.3. The van der Waals surface area contributed by atoms with Crippen LogP contribution in [-0.4, -0.2) is 30.1 Å². The Balaban J connectivity index is 2.64. The largest absolute Gasteiger partial charge is 0.396 e. The van der Waals surface area contributed by atoms with Gasteiger partial charge in [0.1, 0.15) is 0 Å². The number of nitrogens with one attached hydrogen (secondary N) is 2. The van der Waals surface area contributed by atoms with Gasteiger partial charge in [0.25, 0.3) is 5.91 Å². The molecule has 0 fully saturated rings. The van der Waals surface area contributed by atoms with Crippen LogP contribution in [0.5, 0.6) is 0 Å². The fourth-order valence-electron chi connectivity index (χ4n) is 1.46. The first-order valence-corrected chi connectivity index (χ1v) is 5.96. The highest BCUT2D eigenvalue weighted by Gasteiger charge is 2.06. The molecule has 0 heterocycles. The van der Waals surface area contributed by atoms with E-state index in [4.69, 9.17) is 5.11 Å². The molecular weight excluding hydrogens is 232 g/mol. The molecule has 1 aromatic carbocycles. The first-order valence-electron chi connectivity index (χ1n) is 5.96. The van der Waals surface area contributed by atoms with Gasteiger partial charge in [0.05, 0.1) is 0 Å². The van der Waals surface area contributed by atoms with Gasteiger partial charge in [-0.2, -0.15) is 0 Å². The van der Waals surface area contributed by atoms with Crippen LogP contribution in [-0.2, 0) is 4.79 Å². The molecule has 3 N–H and O–H groups in total. The summed E-state index contributed by atoms with van der Waals surface area (Å²) in [5.41, 5.74) is 1.10. The maximum Gasteiger partial charge on any atom is 0.251 e. The van der Waals surface area contributed by atoms with E-state index in [9.17, 15) is 9.59 Å². The average Bonchev–Trinajstić information content (AvgIpc) is 2.37. The monoisotopic (exact) mass is 250 g/mol. The number of aliphatic hydroxyl groups excluding tert-OH is 1. The van der Waals surface area contributed by atoms with Crippen molar-refractivity contribution in [2.75, 3.05) is 18.5 Å². The number of anilines is 1. The van der Waals surface area contributed by atoms with Crippen molar-refractivity contribution in [2.24, 2.45) is 0 Å². The van der Waals surface area contributed by atoms with E-state index in [0.29, 0.717) is 24.2 Å². The Hall–Kier alpha value is -1.88. The molecule has 2 amide bonds. The zero-order valence-electron chi connectivity index (χ0n) is 10.4. The van der Waals surface area contributed by atoms with Crippen LogP contribution in [0.4, 0.5) is 5.69 Å². The van der Waals surface area contributed by atoms with Gasteiger partial charge >= 0.3 is 0 Å². The normalized spacial score (nSPS) is 9.89. The number of hydrogen-bond acceptors (Lipinski definition) is 3. The number of benzene rings is 1. The lowest BCUT2D eigenvalue weighted by Gasteiger charge is -2.07. The molecule has 0 radical (unpaired) electrons. The van der Waals surface area contributed by atoms with Crippen molar-refractivity contribution in [3.05, 3.63) is 29.8 Å². The number of rotatable bonds is 6. The molecule has 0 aromatic heterocycles.